The van der Waals surface area contributed by atoms with Crippen molar-refractivity contribution in [1.82, 2.24) is 15.1 Å². The van der Waals surface area contributed by atoms with Crippen molar-refractivity contribution in [2.24, 2.45) is 0 Å². The van der Waals surface area contributed by atoms with E-state index in [0.29, 0.717) is 18.0 Å². The molecule has 2 saturated heterocycles. The van der Waals surface area contributed by atoms with Crippen molar-refractivity contribution < 1.29 is 14.3 Å². The van der Waals surface area contributed by atoms with Gasteiger partial charge in [0.15, 0.2) is 0 Å². The molecule has 4 rings (SSSR count). The second-order valence-electron chi connectivity index (χ2n) is 7.08. The number of benzene rings is 1. The minimum Gasteiger partial charge on any atom is -0.379 e. The average Bonchev–Trinajstić information content (AvgIpc) is 2.98. The Morgan fingerprint density at radius 3 is 2.60 bits per heavy atom. The van der Waals surface area contributed by atoms with Gasteiger partial charge in [-0.05, 0) is 24.5 Å². The lowest BCUT2D eigenvalue weighted by Gasteiger charge is -2.40. The van der Waals surface area contributed by atoms with Gasteiger partial charge in [0.2, 0.25) is 5.91 Å². The van der Waals surface area contributed by atoms with E-state index in [4.69, 9.17) is 4.74 Å². The zero-order chi connectivity index (χ0) is 17.2. The minimum absolute atomic E-state index is 0.0700. The zero-order valence-corrected chi connectivity index (χ0v) is 14.4. The molecule has 1 aromatic carbocycles. The summed E-state index contributed by atoms with van der Waals surface area (Å²) in [7, 11) is 0. The van der Waals surface area contributed by atoms with Crippen LogP contribution in [0.4, 0.5) is 0 Å². The van der Waals surface area contributed by atoms with E-state index >= 15 is 0 Å². The number of morpholine rings is 1. The van der Waals surface area contributed by atoms with Gasteiger partial charge in [-0.1, -0.05) is 18.2 Å². The van der Waals surface area contributed by atoms with Crippen LogP contribution in [-0.2, 0) is 9.53 Å². The number of carbonyl (C=O) groups is 2. The van der Waals surface area contributed by atoms with Gasteiger partial charge in [-0.15, -0.1) is 0 Å². The van der Waals surface area contributed by atoms with Gasteiger partial charge in [0.25, 0.3) is 5.91 Å². The molecule has 3 aliphatic heterocycles. The number of hydrogen-bond donors (Lipinski definition) is 1. The van der Waals surface area contributed by atoms with Crippen LogP contribution in [0, 0.1) is 0 Å². The summed E-state index contributed by atoms with van der Waals surface area (Å²) in [5.74, 6) is 0.0712. The number of likely N-dealkylation sites (tertiary alicyclic amines) is 1. The molecule has 2 fully saturated rings. The van der Waals surface area contributed by atoms with Gasteiger partial charge in [-0.2, -0.15) is 0 Å². The molecule has 134 valence electrons. The number of carbonyl (C=O) groups excluding carboxylic acids is 2. The summed E-state index contributed by atoms with van der Waals surface area (Å²) in [5, 5.41) is 2.94. The monoisotopic (exact) mass is 343 g/mol. The van der Waals surface area contributed by atoms with Gasteiger partial charge in [0.05, 0.1) is 25.7 Å². The van der Waals surface area contributed by atoms with E-state index in [9.17, 15) is 9.59 Å². The Morgan fingerprint density at radius 1 is 1.12 bits per heavy atom. The first kappa shape index (κ1) is 16.5. The van der Waals surface area contributed by atoms with Crippen LogP contribution in [0.5, 0.6) is 0 Å². The highest BCUT2D eigenvalue weighted by molar-refractivity contribution is 5.99. The van der Waals surface area contributed by atoms with Gasteiger partial charge in [-0.25, -0.2) is 0 Å². The third-order valence-corrected chi connectivity index (χ3v) is 5.64. The second-order valence-corrected chi connectivity index (χ2v) is 7.08. The number of fused-ring (bicyclic) bond motifs is 1. The number of piperidine rings is 1. The molecule has 1 N–H and O–H groups in total. The molecule has 2 amide bonds. The minimum atomic E-state index is -0.187. The molecule has 6 nitrogen and oxygen atoms in total. The van der Waals surface area contributed by atoms with Gasteiger partial charge >= 0.3 is 0 Å². The molecule has 0 bridgehead atoms. The third kappa shape index (κ3) is 3.41. The van der Waals surface area contributed by atoms with Crippen LogP contribution in [0.25, 0.3) is 0 Å². The van der Waals surface area contributed by atoms with Crippen molar-refractivity contribution in [1.29, 1.82) is 0 Å². The Balaban J connectivity index is 1.32. The number of amides is 2. The molecule has 0 saturated carbocycles. The van der Waals surface area contributed by atoms with Crippen molar-refractivity contribution >= 4 is 11.8 Å². The Bertz CT molecular complexity index is 649. The Morgan fingerprint density at radius 2 is 1.84 bits per heavy atom. The van der Waals surface area contributed by atoms with E-state index in [1.54, 1.807) is 0 Å². The van der Waals surface area contributed by atoms with Crippen molar-refractivity contribution in [2.75, 3.05) is 39.4 Å². The molecule has 3 aliphatic rings. The molecule has 25 heavy (non-hydrogen) atoms. The molecule has 6 heteroatoms. The van der Waals surface area contributed by atoms with Crippen LogP contribution in [0.15, 0.2) is 24.3 Å². The molecule has 0 spiro atoms. The number of ether oxygens (including phenoxy) is 1. The third-order valence-electron chi connectivity index (χ3n) is 5.64. The average molecular weight is 343 g/mol. The first-order valence-electron chi connectivity index (χ1n) is 9.22. The molecule has 0 aliphatic carbocycles. The Labute approximate surface area is 148 Å². The maximum absolute atomic E-state index is 12.7. The van der Waals surface area contributed by atoms with Crippen LogP contribution in [-0.4, -0.2) is 67.0 Å². The van der Waals surface area contributed by atoms with E-state index < -0.39 is 0 Å². The molecule has 3 heterocycles. The quantitative estimate of drug-likeness (QED) is 0.895. The molecule has 1 aromatic rings. The van der Waals surface area contributed by atoms with E-state index in [0.717, 1.165) is 57.8 Å². The maximum atomic E-state index is 12.7. The largest absolute Gasteiger partial charge is 0.379 e. The topological polar surface area (TPSA) is 61.9 Å². The maximum Gasteiger partial charge on any atom is 0.252 e. The lowest BCUT2D eigenvalue weighted by atomic mass is 9.99. The van der Waals surface area contributed by atoms with Gasteiger partial charge in [0, 0.05) is 37.8 Å². The highest BCUT2D eigenvalue weighted by atomic mass is 16.5. The normalized spacial score (nSPS) is 24.9. The van der Waals surface area contributed by atoms with Crippen LogP contribution in [0.3, 0.4) is 0 Å². The first-order valence-corrected chi connectivity index (χ1v) is 9.22. The number of nitrogens with one attached hydrogen (secondary N) is 1. The second kappa shape index (κ2) is 7.14. The predicted molar refractivity (Wildman–Crippen MR) is 93.3 cm³/mol. The smallest absolute Gasteiger partial charge is 0.252 e. The SMILES string of the molecule is O=C1NC(CC(=O)N2CCC(N3CCOCC3)CC2)c2ccccc21. The van der Waals surface area contributed by atoms with Crippen LogP contribution >= 0.6 is 0 Å². The summed E-state index contributed by atoms with van der Waals surface area (Å²) in [6, 6.07) is 7.93. The lowest BCUT2D eigenvalue weighted by molar-refractivity contribution is -0.133. The molecule has 1 unspecified atom stereocenters. The molecule has 0 aromatic heterocycles. The fourth-order valence-electron chi connectivity index (χ4n) is 4.21. The predicted octanol–water partition coefficient (Wildman–Crippen LogP) is 1.18. The van der Waals surface area contributed by atoms with Crippen molar-refractivity contribution in [3.63, 3.8) is 0 Å². The van der Waals surface area contributed by atoms with E-state index in [2.05, 4.69) is 10.2 Å². The fraction of sp³-hybridized carbons (Fsp3) is 0.579. The highest BCUT2D eigenvalue weighted by Crippen LogP contribution is 2.28. The number of rotatable bonds is 3. The van der Waals surface area contributed by atoms with E-state index in [-0.39, 0.29) is 17.9 Å². The van der Waals surface area contributed by atoms with Crippen molar-refractivity contribution in [3.8, 4) is 0 Å². The van der Waals surface area contributed by atoms with Gasteiger partial charge in [0.1, 0.15) is 0 Å². The number of hydrogen-bond acceptors (Lipinski definition) is 4. The summed E-state index contributed by atoms with van der Waals surface area (Å²) < 4.78 is 5.42. The number of nitrogens with zero attached hydrogens (tertiary/aromatic N) is 2. The summed E-state index contributed by atoms with van der Waals surface area (Å²) in [4.78, 5) is 29.2. The zero-order valence-electron chi connectivity index (χ0n) is 14.4. The van der Waals surface area contributed by atoms with Crippen LogP contribution in [0.2, 0.25) is 0 Å². The fourth-order valence-corrected chi connectivity index (χ4v) is 4.21. The van der Waals surface area contributed by atoms with Crippen molar-refractivity contribution in [2.45, 2.75) is 31.3 Å². The summed E-state index contributed by atoms with van der Waals surface area (Å²) >= 11 is 0. The van der Waals surface area contributed by atoms with Crippen LogP contribution in [0.1, 0.15) is 41.2 Å². The standard InChI is InChI=1S/C19H25N3O3/c23-18(13-17-15-3-1-2-4-16(15)19(24)20-17)22-7-5-14(6-8-22)21-9-11-25-12-10-21/h1-4,14,17H,5-13H2,(H,20,24). The van der Waals surface area contributed by atoms with Gasteiger partial charge < -0.3 is 15.0 Å². The van der Waals surface area contributed by atoms with E-state index in [1.165, 1.54) is 0 Å². The molecule has 1 atom stereocenters. The Hall–Kier alpha value is -1.92. The molecular formula is C19H25N3O3. The lowest BCUT2D eigenvalue weighted by Crippen LogP contribution is -2.50. The first-order chi connectivity index (χ1) is 12.2. The summed E-state index contributed by atoms with van der Waals surface area (Å²) in [5.41, 5.74) is 1.65. The van der Waals surface area contributed by atoms with E-state index in [1.807, 2.05) is 29.2 Å². The van der Waals surface area contributed by atoms with Crippen molar-refractivity contribution in [3.05, 3.63) is 35.4 Å². The molecule has 0 radical (unpaired) electrons. The molecular weight excluding hydrogens is 318 g/mol. The summed E-state index contributed by atoms with van der Waals surface area (Å²) in [6.45, 7) is 5.26. The van der Waals surface area contributed by atoms with Crippen LogP contribution < -0.4 is 5.32 Å². The highest BCUT2D eigenvalue weighted by Gasteiger charge is 2.33. The Kier molecular flexibility index (Phi) is 4.72. The summed E-state index contributed by atoms with van der Waals surface area (Å²) in [6.07, 6.45) is 2.41. The van der Waals surface area contributed by atoms with Gasteiger partial charge in [-0.3, -0.25) is 14.5 Å².